The largest absolute Gasteiger partial charge is 0.324 e. The summed E-state index contributed by atoms with van der Waals surface area (Å²) in [5.41, 5.74) is 6.40. The van der Waals surface area contributed by atoms with E-state index in [1.807, 2.05) is 38.1 Å². The van der Waals surface area contributed by atoms with Crippen molar-refractivity contribution >= 4 is 11.6 Å². The smallest absolute Gasteiger partial charge is 0.244 e. The van der Waals surface area contributed by atoms with Gasteiger partial charge < -0.3 is 11.1 Å². The number of benzene rings is 1. The molecule has 0 saturated heterocycles. The Labute approximate surface area is 113 Å². The van der Waals surface area contributed by atoms with Gasteiger partial charge in [0, 0.05) is 5.69 Å². The van der Waals surface area contributed by atoms with Crippen molar-refractivity contribution in [3.05, 3.63) is 29.8 Å². The molecule has 2 rings (SSSR count). The number of nitrogens with two attached hydrogens (primary N) is 1. The fraction of sp³-hybridized carbons (Fsp3) is 0.467. The highest BCUT2D eigenvalue weighted by Crippen LogP contribution is 2.30. The standard InChI is InChI=1S/C15H19N3O/c1-14(2,10-16)11-4-6-12(7-5-11)18-13(19)15(17)8-3-9-15/h4-7H,3,8-9,17H2,1-2H3,(H,18,19). The van der Waals surface area contributed by atoms with Crippen molar-refractivity contribution in [2.45, 2.75) is 44.1 Å². The lowest BCUT2D eigenvalue weighted by Gasteiger charge is -2.36. The molecule has 0 spiro atoms. The molecule has 1 aromatic carbocycles. The van der Waals surface area contributed by atoms with Crippen molar-refractivity contribution in [2.24, 2.45) is 5.73 Å². The Morgan fingerprint density at radius 2 is 1.95 bits per heavy atom. The first-order valence-electron chi connectivity index (χ1n) is 6.49. The van der Waals surface area contributed by atoms with Crippen molar-refractivity contribution in [2.75, 3.05) is 5.32 Å². The van der Waals surface area contributed by atoms with Crippen LogP contribution in [0.25, 0.3) is 0 Å². The van der Waals surface area contributed by atoms with Gasteiger partial charge in [-0.15, -0.1) is 0 Å². The summed E-state index contributed by atoms with van der Waals surface area (Å²) in [5.74, 6) is -0.119. The van der Waals surface area contributed by atoms with Crippen LogP contribution in [0.1, 0.15) is 38.7 Å². The van der Waals surface area contributed by atoms with Crippen LogP contribution in [0.5, 0.6) is 0 Å². The maximum Gasteiger partial charge on any atom is 0.244 e. The van der Waals surface area contributed by atoms with Gasteiger partial charge in [0.05, 0.1) is 17.0 Å². The Kier molecular flexibility index (Phi) is 3.34. The number of nitriles is 1. The van der Waals surface area contributed by atoms with Crippen molar-refractivity contribution in [3.63, 3.8) is 0 Å². The second-order valence-corrected chi connectivity index (χ2v) is 5.78. The number of anilines is 1. The highest BCUT2D eigenvalue weighted by Gasteiger charge is 2.40. The van der Waals surface area contributed by atoms with Gasteiger partial charge in [0.1, 0.15) is 0 Å². The van der Waals surface area contributed by atoms with Crippen molar-refractivity contribution in [1.29, 1.82) is 5.26 Å². The van der Waals surface area contributed by atoms with E-state index >= 15 is 0 Å². The Morgan fingerprint density at radius 1 is 1.37 bits per heavy atom. The Morgan fingerprint density at radius 3 is 2.37 bits per heavy atom. The van der Waals surface area contributed by atoms with E-state index in [1.54, 1.807) is 0 Å². The molecular weight excluding hydrogens is 238 g/mol. The third kappa shape index (κ3) is 2.61. The summed E-state index contributed by atoms with van der Waals surface area (Å²) in [6.45, 7) is 3.73. The number of carbonyl (C=O) groups is 1. The molecule has 0 radical (unpaired) electrons. The lowest BCUT2D eigenvalue weighted by atomic mass is 9.77. The SMILES string of the molecule is CC(C)(C#N)c1ccc(NC(=O)C2(N)CCC2)cc1. The average Bonchev–Trinajstić information content (AvgIpc) is 2.36. The van der Waals surface area contributed by atoms with Crippen LogP contribution in [-0.2, 0) is 10.2 Å². The fourth-order valence-electron chi connectivity index (χ4n) is 2.08. The summed E-state index contributed by atoms with van der Waals surface area (Å²) in [5, 5.41) is 11.9. The molecule has 0 aliphatic heterocycles. The number of nitrogens with zero attached hydrogens (tertiary/aromatic N) is 1. The molecule has 1 aromatic rings. The summed E-state index contributed by atoms with van der Waals surface area (Å²) >= 11 is 0. The number of carbonyl (C=O) groups excluding carboxylic acids is 1. The summed E-state index contributed by atoms with van der Waals surface area (Å²) in [6.07, 6.45) is 2.51. The first-order chi connectivity index (χ1) is 8.87. The van der Waals surface area contributed by atoms with Crippen LogP contribution in [0.15, 0.2) is 24.3 Å². The zero-order valence-electron chi connectivity index (χ0n) is 11.4. The zero-order valence-corrected chi connectivity index (χ0v) is 11.4. The first-order valence-corrected chi connectivity index (χ1v) is 6.49. The Bertz CT molecular complexity index is 521. The van der Waals surface area contributed by atoms with E-state index in [9.17, 15) is 4.79 Å². The second kappa shape index (κ2) is 4.67. The van der Waals surface area contributed by atoms with Gasteiger partial charge in [-0.2, -0.15) is 5.26 Å². The molecule has 4 heteroatoms. The minimum absolute atomic E-state index is 0.119. The van der Waals surface area contributed by atoms with Gasteiger partial charge in [-0.3, -0.25) is 4.79 Å². The second-order valence-electron chi connectivity index (χ2n) is 5.78. The monoisotopic (exact) mass is 257 g/mol. The topological polar surface area (TPSA) is 78.9 Å². The quantitative estimate of drug-likeness (QED) is 0.872. The minimum atomic E-state index is -0.690. The summed E-state index contributed by atoms with van der Waals surface area (Å²) in [6, 6.07) is 9.61. The normalized spacial score (nSPS) is 17.2. The van der Waals surface area contributed by atoms with E-state index in [2.05, 4.69) is 11.4 Å². The molecular formula is C15H19N3O. The van der Waals surface area contributed by atoms with E-state index in [-0.39, 0.29) is 5.91 Å². The molecule has 4 nitrogen and oxygen atoms in total. The molecule has 0 aromatic heterocycles. The molecule has 1 aliphatic rings. The van der Waals surface area contributed by atoms with E-state index in [0.717, 1.165) is 30.5 Å². The highest BCUT2D eigenvalue weighted by atomic mass is 16.2. The summed E-state index contributed by atoms with van der Waals surface area (Å²) < 4.78 is 0. The molecule has 100 valence electrons. The van der Waals surface area contributed by atoms with Gasteiger partial charge in [0.2, 0.25) is 5.91 Å². The van der Waals surface area contributed by atoms with E-state index in [0.29, 0.717) is 0 Å². The molecule has 1 fully saturated rings. The predicted molar refractivity (Wildman–Crippen MR) is 74.5 cm³/mol. The molecule has 3 N–H and O–H groups in total. The number of nitrogens with one attached hydrogen (secondary N) is 1. The van der Waals surface area contributed by atoms with Gasteiger partial charge in [-0.1, -0.05) is 12.1 Å². The van der Waals surface area contributed by atoms with E-state index in [4.69, 9.17) is 11.0 Å². The molecule has 0 unspecified atom stereocenters. The van der Waals surface area contributed by atoms with E-state index in [1.165, 1.54) is 0 Å². The van der Waals surface area contributed by atoms with Crippen LogP contribution in [-0.4, -0.2) is 11.4 Å². The minimum Gasteiger partial charge on any atom is -0.324 e. The molecule has 1 amide bonds. The van der Waals surface area contributed by atoms with Crippen LogP contribution in [0, 0.1) is 11.3 Å². The Hall–Kier alpha value is -1.86. The summed E-state index contributed by atoms with van der Waals surface area (Å²) in [7, 11) is 0. The van der Waals surface area contributed by atoms with Gasteiger partial charge in [0.25, 0.3) is 0 Å². The van der Waals surface area contributed by atoms with Crippen molar-refractivity contribution in [3.8, 4) is 6.07 Å². The van der Waals surface area contributed by atoms with Crippen LogP contribution in [0.3, 0.4) is 0 Å². The van der Waals surface area contributed by atoms with Gasteiger partial charge >= 0.3 is 0 Å². The lowest BCUT2D eigenvalue weighted by Crippen LogP contribution is -2.56. The van der Waals surface area contributed by atoms with E-state index < -0.39 is 11.0 Å². The van der Waals surface area contributed by atoms with Gasteiger partial charge in [0.15, 0.2) is 0 Å². The van der Waals surface area contributed by atoms with Crippen LogP contribution >= 0.6 is 0 Å². The predicted octanol–water partition coefficient (Wildman–Crippen LogP) is 2.31. The van der Waals surface area contributed by atoms with Crippen LogP contribution in [0.4, 0.5) is 5.69 Å². The first kappa shape index (κ1) is 13.6. The molecule has 19 heavy (non-hydrogen) atoms. The third-order valence-corrected chi connectivity index (χ3v) is 3.84. The van der Waals surface area contributed by atoms with Gasteiger partial charge in [-0.25, -0.2) is 0 Å². The molecule has 0 heterocycles. The molecule has 0 bridgehead atoms. The van der Waals surface area contributed by atoms with Crippen LogP contribution in [0.2, 0.25) is 0 Å². The third-order valence-electron chi connectivity index (χ3n) is 3.84. The lowest BCUT2D eigenvalue weighted by molar-refractivity contribution is -0.123. The average molecular weight is 257 g/mol. The maximum absolute atomic E-state index is 12.0. The molecule has 0 atom stereocenters. The fourth-order valence-corrected chi connectivity index (χ4v) is 2.08. The number of rotatable bonds is 3. The Balaban J connectivity index is 2.08. The number of hydrogen-bond donors (Lipinski definition) is 2. The molecule has 1 aliphatic carbocycles. The zero-order chi connectivity index (χ0) is 14.1. The summed E-state index contributed by atoms with van der Waals surface area (Å²) in [4.78, 5) is 12.0. The molecule has 1 saturated carbocycles. The maximum atomic E-state index is 12.0. The van der Waals surface area contributed by atoms with Gasteiger partial charge in [-0.05, 0) is 50.8 Å². The number of amides is 1. The number of hydrogen-bond acceptors (Lipinski definition) is 3. The van der Waals surface area contributed by atoms with Crippen molar-refractivity contribution in [1.82, 2.24) is 0 Å². The van der Waals surface area contributed by atoms with Crippen molar-refractivity contribution < 1.29 is 4.79 Å². The highest BCUT2D eigenvalue weighted by molar-refractivity contribution is 5.98. The van der Waals surface area contributed by atoms with Crippen LogP contribution < -0.4 is 11.1 Å².